The molecule has 6 heteroatoms. The van der Waals surface area contributed by atoms with E-state index in [9.17, 15) is 9.59 Å². The van der Waals surface area contributed by atoms with Crippen molar-refractivity contribution >= 4 is 17.4 Å². The standard InChI is InChI=1S/C29H34N4O2/c1-18-14-23(6-7-24(18)22-5-2-20-8-12-30-25(20)15-22)26-31-29(10-11-29)28(35)33(26)17-19-9-13-32(16-19)27(34)21-3-4-21/h2,5-8,12,14,19,21,25-26,30-31H,3-4,9-11,13,15-17H2,1H3/t19-,25?,26?/m1/s1. The normalized spacial score (nSPS) is 30.4. The Balaban J connectivity index is 1.11. The molecule has 1 spiro atoms. The molecule has 35 heavy (non-hydrogen) atoms. The number of nitrogens with one attached hydrogen (secondary N) is 2. The second kappa shape index (κ2) is 7.82. The van der Waals surface area contributed by atoms with Gasteiger partial charge in [-0.25, -0.2) is 0 Å². The van der Waals surface area contributed by atoms with E-state index in [0.29, 0.717) is 17.9 Å². The van der Waals surface area contributed by atoms with Crippen molar-refractivity contribution in [1.82, 2.24) is 20.4 Å². The fourth-order valence-electron chi connectivity index (χ4n) is 6.50. The van der Waals surface area contributed by atoms with Crippen molar-refractivity contribution in [3.63, 3.8) is 0 Å². The molecule has 3 aliphatic carbocycles. The largest absolute Gasteiger partial charge is 0.384 e. The van der Waals surface area contributed by atoms with E-state index in [2.05, 4.69) is 58.9 Å². The zero-order chi connectivity index (χ0) is 23.7. The summed E-state index contributed by atoms with van der Waals surface area (Å²) in [6.07, 6.45) is 14.5. The average Bonchev–Trinajstić information content (AvgIpc) is 3.74. The minimum atomic E-state index is -0.354. The third kappa shape index (κ3) is 3.65. The molecular weight excluding hydrogens is 436 g/mol. The molecule has 0 radical (unpaired) electrons. The van der Waals surface area contributed by atoms with Gasteiger partial charge in [0.25, 0.3) is 0 Å². The van der Waals surface area contributed by atoms with Crippen LogP contribution in [0.1, 0.15) is 61.4 Å². The first-order valence-electron chi connectivity index (χ1n) is 13.3. The van der Waals surface area contributed by atoms with Crippen LogP contribution in [0.5, 0.6) is 0 Å². The summed E-state index contributed by atoms with van der Waals surface area (Å²) in [7, 11) is 0. The van der Waals surface area contributed by atoms with Gasteiger partial charge in [0.05, 0.1) is 6.04 Å². The van der Waals surface area contributed by atoms with E-state index in [0.717, 1.165) is 58.2 Å². The Morgan fingerprint density at radius 3 is 2.80 bits per heavy atom. The van der Waals surface area contributed by atoms with E-state index in [-0.39, 0.29) is 23.5 Å². The van der Waals surface area contributed by atoms with Gasteiger partial charge in [-0.05, 0) is 91.5 Å². The van der Waals surface area contributed by atoms with Crippen molar-refractivity contribution in [1.29, 1.82) is 0 Å². The third-order valence-electron chi connectivity index (χ3n) is 8.91. The lowest BCUT2D eigenvalue weighted by Crippen LogP contribution is -2.37. The molecule has 1 aromatic rings. The molecule has 6 nitrogen and oxygen atoms in total. The molecule has 0 aromatic heterocycles. The molecule has 182 valence electrons. The van der Waals surface area contributed by atoms with Crippen LogP contribution >= 0.6 is 0 Å². The summed E-state index contributed by atoms with van der Waals surface area (Å²) in [5, 5.41) is 7.15. The molecule has 6 aliphatic rings. The molecule has 2 N–H and O–H groups in total. The molecule has 1 aromatic carbocycles. The number of benzene rings is 1. The molecule has 0 bridgehead atoms. The highest BCUT2D eigenvalue weighted by atomic mass is 16.2. The lowest BCUT2D eigenvalue weighted by molar-refractivity contribution is -0.131. The van der Waals surface area contributed by atoms with Gasteiger partial charge < -0.3 is 15.1 Å². The number of allylic oxidation sites excluding steroid dienone is 2. The molecule has 2 saturated carbocycles. The van der Waals surface area contributed by atoms with Crippen molar-refractivity contribution < 1.29 is 9.59 Å². The minimum Gasteiger partial charge on any atom is -0.384 e. The fourth-order valence-corrected chi connectivity index (χ4v) is 6.50. The second-order valence-corrected chi connectivity index (χ2v) is 11.5. The molecule has 3 aliphatic heterocycles. The first-order valence-corrected chi connectivity index (χ1v) is 13.3. The van der Waals surface area contributed by atoms with E-state index < -0.39 is 0 Å². The first-order chi connectivity index (χ1) is 17.0. The number of carbonyl (C=O) groups excluding carboxylic acids is 2. The van der Waals surface area contributed by atoms with Crippen LogP contribution < -0.4 is 10.6 Å². The number of nitrogens with zero attached hydrogens (tertiary/aromatic N) is 2. The lowest BCUT2D eigenvalue weighted by Gasteiger charge is -2.28. The van der Waals surface area contributed by atoms with Crippen molar-refractivity contribution in [3.05, 3.63) is 64.9 Å². The maximum absolute atomic E-state index is 13.5. The molecule has 3 atom stereocenters. The SMILES string of the molecule is Cc1cc(C2NC3(CC3)C(=O)N2C[C@@H]2CCN(C(=O)C3CC3)C2)ccc1C1=CC=C2C=CNC2C1. The first kappa shape index (κ1) is 21.4. The molecule has 2 unspecified atom stereocenters. The summed E-state index contributed by atoms with van der Waals surface area (Å²) in [6, 6.07) is 7.10. The molecule has 2 saturated heterocycles. The smallest absolute Gasteiger partial charge is 0.244 e. The zero-order valence-corrected chi connectivity index (χ0v) is 20.4. The predicted molar refractivity (Wildman–Crippen MR) is 135 cm³/mol. The molecular formula is C29H34N4O2. The third-order valence-corrected chi connectivity index (χ3v) is 8.91. The number of fused-ring (bicyclic) bond motifs is 1. The molecule has 4 fully saturated rings. The van der Waals surface area contributed by atoms with Crippen LogP contribution in [0.15, 0.2) is 48.2 Å². The van der Waals surface area contributed by atoms with Crippen molar-refractivity contribution in [2.75, 3.05) is 19.6 Å². The van der Waals surface area contributed by atoms with Gasteiger partial charge in [-0.3, -0.25) is 14.9 Å². The van der Waals surface area contributed by atoms with Gasteiger partial charge in [0.2, 0.25) is 11.8 Å². The summed E-state index contributed by atoms with van der Waals surface area (Å²) < 4.78 is 0. The van der Waals surface area contributed by atoms with Crippen molar-refractivity contribution in [2.45, 2.75) is 63.2 Å². The van der Waals surface area contributed by atoms with Crippen LogP contribution in [0.2, 0.25) is 0 Å². The number of carbonyl (C=O) groups is 2. The predicted octanol–water partition coefficient (Wildman–Crippen LogP) is 3.42. The van der Waals surface area contributed by atoms with Gasteiger partial charge in [0, 0.05) is 25.6 Å². The molecule has 7 rings (SSSR count). The van der Waals surface area contributed by atoms with Gasteiger partial charge in [-0.1, -0.05) is 30.4 Å². The van der Waals surface area contributed by atoms with Crippen LogP contribution in [0, 0.1) is 18.8 Å². The van der Waals surface area contributed by atoms with E-state index in [1.165, 1.54) is 27.8 Å². The quantitative estimate of drug-likeness (QED) is 0.692. The van der Waals surface area contributed by atoms with Crippen LogP contribution in [0.25, 0.3) is 5.57 Å². The number of hydrogen-bond acceptors (Lipinski definition) is 4. The van der Waals surface area contributed by atoms with Crippen LogP contribution in [-0.2, 0) is 9.59 Å². The fraction of sp³-hybridized carbons (Fsp3) is 0.517. The van der Waals surface area contributed by atoms with Gasteiger partial charge in [0.1, 0.15) is 11.7 Å². The maximum Gasteiger partial charge on any atom is 0.244 e. The van der Waals surface area contributed by atoms with Gasteiger partial charge in [0.15, 0.2) is 0 Å². The van der Waals surface area contributed by atoms with Crippen LogP contribution in [0.4, 0.5) is 0 Å². The average molecular weight is 471 g/mol. The number of likely N-dealkylation sites (tertiary alicyclic amines) is 1. The number of aryl methyl sites for hydroxylation is 1. The molecule has 2 amide bonds. The molecule has 3 heterocycles. The Morgan fingerprint density at radius 1 is 1.17 bits per heavy atom. The summed E-state index contributed by atoms with van der Waals surface area (Å²) in [4.78, 5) is 30.1. The summed E-state index contributed by atoms with van der Waals surface area (Å²) in [6.45, 7) is 4.55. The highest BCUT2D eigenvalue weighted by Gasteiger charge is 2.59. The summed E-state index contributed by atoms with van der Waals surface area (Å²) in [5.41, 5.74) is 6.07. The van der Waals surface area contributed by atoms with E-state index in [4.69, 9.17) is 0 Å². The Kier molecular flexibility index (Phi) is 4.79. The monoisotopic (exact) mass is 470 g/mol. The number of rotatable bonds is 5. The van der Waals surface area contributed by atoms with E-state index in [1.54, 1.807) is 0 Å². The number of hydrogen-bond donors (Lipinski definition) is 2. The van der Waals surface area contributed by atoms with Crippen molar-refractivity contribution in [3.8, 4) is 0 Å². The van der Waals surface area contributed by atoms with Crippen LogP contribution in [0.3, 0.4) is 0 Å². The zero-order valence-electron chi connectivity index (χ0n) is 20.4. The Bertz CT molecular complexity index is 1190. The topological polar surface area (TPSA) is 64.7 Å². The second-order valence-electron chi connectivity index (χ2n) is 11.5. The van der Waals surface area contributed by atoms with Gasteiger partial charge in [-0.2, -0.15) is 0 Å². The Hall–Kier alpha value is -2.86. The minimum absolute atomic E-state index is 0.0848. The van der Waals surface area contributed by atoms with Gasteiger partial charge >= 0.3 is 0 Å². The van der Waals surface area contributed by atoms with E-state index in [1.807, 2.05) is 11.1 Å². The Labute approximate surface area is 207 Å². The lowest BCUT2D eigenvalue weighted by atomic mass is 9.88. The van der Waals surface area contributed by atoms with E-state index >= 15 is 0 Å². The summed E-state index contributed by atoms with van der Waals surface area (Å²) in [5.74, 6) is 1.22. The summed E-state index contributed by atoms with van der Waals surface area (Å²) >= 11 is 0. The van der Waals surface area contributed by atoms with Gasteiger partial charge in [-0.15, -0.1) is 0 Å². The highest BCUT2D eigenvalue weighted by Crippen LogP contribution is 2.47. The highest BCUT2D eigenvalue weighted by molar-refractivity contribution is 5.92. The van der Waals surface area contributed by atoms with Crippen molar-refractivity contribution in [2.24, 2.45) is 11.8 Å². The number of amides is 2. The Morgan fingerprint density at radius 2 is 2.03 bits per heavy atom. The van der Waals surface area contributed by atoms with Crippen LogP contribution in [-0.4, -0.2) is 52.8 Å². The maximum atomic E-state index is 13.5.